The molecule has 2 fully saturated rings. The highest BCUT2D eigenvalue weighted by atomic mass is 16.1. The van der Waals surface area contributed by atoms with Gasteiger partial charge in [-0.1, -0.05) is 25.3 Å². The number of aromatic nitrogens is 4. The predicted molar refractivity (Wildman–Crippen MR) is 109 cm³/mol. The molecule has 28 heavy (non-hydrogen) atoms. The third-order valence-electron chi connectivity index (χ3n) is 5.01. The van der Waals surface area contributed by atoms with Crippen molar-refractivity contribution in [1.29, 1.82) is 0 Å². The monoisotopic (exact) mass is 374 g/mol. The van der Waals surface area contributed by atoms with Crippen molar-refractivity contribution >= 4 is 17.7 Å². The molecule has 0 unspecified atom stereocenters. The van der Waals surface area contributed by atoms with E-state index in [1.807, 2.05) is 12.1 Å². The lowest BCUT2D eigenvalue weighted by Gasteiger charge is -2.18. The lowest BCUT2D eigenvalue weighted by atomic mass is 10.1. The number of nitrogens with zero attached hydrogens (tertiary/aromatic N) is 4. The first-order valence-corrected chi connectivity index (χ1v) is 9.18. The van der Waals surface area contributed by atoms with Crippen LogP contribution in [0.3, 0.4) is 0 Å². The van der Waals surface area contributed by atoms with Crippen LogP contribution in [0, 0.1) is 5.92 Å². The number of nitrogens with one attached hydrogen (secondary N) is 1. The standard InChI is InChI=1S/C21H22N6O/c1-3-4-15-11-27(10-13(15)2)19-7-18(16-8-23-24-9-16)25-21(26-19)20(14-5-6-14)17(22)12-28/h3-4,7-9,12,14H,1-2,5-6,10-11,22H2,(H,23,24)/b15-4-,20-17-. The Bertz CT molecular complexity index is 998. The van der Waals surface area contributed by atoms with E-state index in [9.17, 15) is 4.79 Å². The first-order chi connectivity index (χ1) is 13.6. The van der Waals surface area contributed by atoms with Crippen molar-refractivity contribution in [1.82, 2.24) is 20.2 Å². The second-order valence-corrected chi connectivity index (χ2v) is 7.07. The fourth-order valence-corrected chi connectivity index (χ4v) is 3.42. The van der Waals surface area contributed by atoms with E-state index >= 15 is 0 Å². The summed E-state index contributed by atoms with van der Waals surface area (Å²) in [7, 11) is 0. The molecule has 3 heterocycles. The summed E-state index contributed by atoms with van der Waals surface area (Å²) in [4.78, 5) is 23.0. The van der Waals surface area contributed by atoms with Crippen LogP contribution >= 0.6 is 0 Å². The molecule has 7 nitrogen and oxygen atoms in total. The van der Waals surface area contributed by atoms with E-state index < -0.39 is 0 Å². The molecule has 2 aliphatic rings. The largest absolute Gasteiger partial charge is 0.396 e. The zero-order valence-corrected chi connectivity index (χ0v) is 15.6. The first-order valence-electron chi connectivity index (χ1n) is 9.18. The summed E-state index contributed by atoms with van der Waals surface area (Å²) in [5.41, 5.74) is 10.7. The Balaban J connectivity index is 1.82. The van der Waals surface area contributed by atoms with Crippen molar-refractivity contribution in [2.75, 3.05) is 18.0 Å². The van der Waals surface area contributed by atoms with Crippen molar-refractivity contribution < 1.29 is 4.79 Å². The lowest BCUT2D eigenvalue weighted by Crippen LogP contribution is -2.21. The molecule has 0 radical (unpaired) electrons. The Morgan fingerprint density at radius 3 is 2.79 bits per heavy atom. The predicted octanol–water partition coefficient (Wildman–Crippen LogP) is 2.63. The van der Waals surface area contributed by atoms with Crippen molar-refractivity contribution in [2.45, 2.75) is 12.8 Å². The van der Waals surface area contributed by atoms with Gasteiger partial charge < -0.3 is 10.6 Å². The number of nitrogens with two attached hydrogens (primary N) is 1. The van der Waals surface area contributed by atoms with E-state index in [-0.39, 0.29) is 11.6 Å². The molecule has 1 saturated carbocycles. The van der Waals surface area contributed by atoms with Crippen molar-refractivity contribution in [3.8, 4) is 11.3 Å². The van der Waals surface area contributed by atoms with Gasteiger partial charge >= 0.3 is 0 Å². The normalized spacial score (nSPS) is 19.1. The zero-order valence-electron chi connectivity index (χ0n) is 15.6. The molecule has 0 amide bonds. The van der Waals surface area contributed by atoms with Gasteiger partial charge in [-0.15, -0.1) is 0 Å². The summed E-state index contributed by atoms with van der Waals surface area (Å²) in [6, 6.07) is 1.93. The second-order valence-electron chi connectivity index (χ2n) is 7.07. The molecule has 0 spiro atoms. The number of hydrogen-bond acceptors (Lipinski definition) is 6. The van der Waals surface area contributed by atoms with Gasteiger partial charge in [0.15, 0.2) is 12.1 Å². The smallest absolute Gasteiger partial charge is 0.166 e. The summed E-state index contributed by atoms with van der Waals surface area (Å²) in [6.45, 7) is 9.28. The molecule has 0 aromatic carbocycles. The highest BCUT2D eigenvalue weighted by Gasteiger charge is 2.32. The summed E-state index contributed by atoms with van der Waals surface area (Å²) in [5, 5.41) is 6.84. The molecular formula is C21H22N6O. The van der Waals surface area contributed by atoms with Crippen LogP contribution in [0.15, 0.2) is 60.6 Å². The van der Waals surface area contributed by atoms with Gasteiger partial charge in [0.25, 0.3) is 0 Å². The second kappa shape index (κ2) is 7.26. The quantitative estimate of drug-likeness (QED) is 0.595. The highest BCUT2D eigenvalue weighted by molar-refractivity contribution is 5.87. The molecule has 2 aromatic rings. The van der Waals surface area contributed by atoms with Crippen LogP contribution in [-0.4, -0.2) is 39.5 Å². The zero-order chi connectivity index (χ0) is 19.7. The van der Waals surface area contributed by atoms with E-state index in [0.29, 0.717) is 25.2 Å². The molecule has 1 aliphatic heterocycles. The van der Waals surface area contributed by atoms with Crippen molar-refractivity contribution in [3.05, 3.63) is 66.4 Å². The number of carbonyl (C=O) groups excluding carboxylic acids is 1. The Morgan fingerprint density at radius 1 is 1.32 bits per heavy atom. The third-order valence-corrected chi connectivity index (χ3v) is 5.01. The summed E-state index contributed by atoms with van der Waals surface area (Å²) in [6.07, 6.45) is 9.91. The number of hydrogen-bond donors (Lipinski definition) is 2. The SMILES string of the molecule is C=C/C=C1/CN(c2cc(-c3cn[nH]c3)nc(/C(=C(\N)C=O)C3CC3)n2)CC1=C. The molecule has 0 atom stereocenters. The fourth-order valence-electron chi connectivity index (χ4n) is 3.42. The molecule has 142 valence electrons. The van der Waals surface area contributed by atoms with Crippen LogP contribution in [0.2, 0.25) is 0 Å². The van der Waals surface area contributed by atoms with E-state index in [0.717, 1.165) is 46.6 Å². The number of aldehydes is 1. The Kier molecular flexibility index (Phi) is 4.65. The van der Waals surface area contributed by atoms with E-state index in [1.54, 1.807) is 18.5 Å². The minimum absolute atomic E-state index is 0.205. The van der Waals surface area contributed by atoms with Gasteiger partial charge in [0, 0.05) is 36.5 Å². The molecule has 1 aliphatic carbocycles. The molecule has 7 heteroatoms. The van der Waals surface area contributed by atoms with Crippen molar-refractivity contribution in [2.24, 2.45) is 11.7 Å². The number of rotatable bonds is 6. The van der Waals surface area contributed by atoms with Gasteiger partial charge in [-0.05, 0) is 29.9 Å². The number of aromatic amines is 1. The van der Waals surface area contributed by atoms with Gasteiger partial charge in [0.2, 0.25) is 0 Å². The molecule has 4 rings (SSSR count). The van der Waals surface area contributed by atoms with Crippen LogP contribution in [0.1, 0.15) is 18.7 Å². The van der Waals surface area contributed by atoms with Crippen LogP contribution in [-0.2, 0) is 4.79 Å². The minimum atomic E-state index is 0.205. The third kappa shape index (κ3) is 3.38. The number of anilines is 1. The molecule has 3 N–H and O–H groups in total. The van der Waals surface area contributed by atoms with Gasteiger partial charge in [0.05, 0.1) is 17.6 Å². The van der Waals surface area contributed by atoms with E-state index in [4.69, 9.17) is 15.7 Å². The van der Waals surface area contributed by atoms with Gasteiger partial charge in [0.1, 0.15) is 5.82 Å². The maximum absolute atomic E-state index is 11.4. The van der Waals surface area contributed by atoms with Crippen LogP contribution < -0.4 is 10.6 Å². The number of carbonyl (C=O) groups is 1. The minimum Gasteiger partial charge on any atom is -0.396 e. The van der Waals surface area contributed by atoms with Crippen LogP contribution in [0.25, 0.3) is 16.8 Å². The van der Waals surface area contributed by atoms with Gasteiger partial charge in [-0.2, -0.15) is 5.10 Å². The Labute approximate surface area is 163 Å². The summed E-state index contributed by atoms with van der Waals surface area (Å²) < 4.78 is 0. The average molecular weight is 374 g/mol. The van der Waals surface area contributed by atoms with E-state index in [2.05, 4.69) is 28.3 Å². The highest BCUT2D eigenvalue weighted by Crippen LogP contribution is 2.42. The first kappa shape index (κ1) is 17.9. The fraction of sp³-hybridized carbons (Fsp3) is 0.238. The van der Waals surface area contributed by atoms with Gasteiger partial charge in [-0.25, -0.2) is 9.97 Å². The van der Waals surface area contributed by atoms with E-state index in [1.165, 1.54) is 0 Å². The molecular weight excluding hydrogens is 352 g/mol. The maximum atomic E-state index is 11.4. The molecule has 2 aromatic heterocycles. The summed E-state index contributed by atoms with van der Waals surface area (Å²) >= 11 is 0. The van der Waals surface area contributed by atoms with Crippen molar-refractivity contribution in [3.63, 3.8) is 0 Å². The lowest BCUT2D eigenvalue weighted by molar-refractivity contribution is -0.104. The number of H-pyrrole nitrogens is 1. The number of allylic oxidation sites excluding steroid dienone is 4. The maximum Gasteiger partial charge on any atom is 0.166 e. The topological polar surface area (TPSA) is 101 Å². The Hall–Kier alpha value is -3.48. The molecule has 0 bridgehead atoms. The molecule has 1 saturated heterocycles. The average Bonchev–Trinajstić information content (AvgIpc) is 3.23. The summed E-state index contributed by atoms with van der Waals surface area (Å²) in [5.74, 6) is 1.52. The van der Waals surface area contributed by atoms with Gasteiger partial charge in [-0.3, -0.25) is 9.89 Å². The Morgan fingerprint density at radius 2 is 2.14 bits per heavy atom. The van der Waals surface area contributed by atoms with Crippen LogP contribution in [0.4, 0.5) is 5.82 Å². The van der Waals surface area contributed by atoms with Crippen LogP contribution in [0.5, 0.6) is 0 Å².